The van der Waals surface area contributed by atoms with Crippen LogP contribution in [0.15, 0.2) is 38.8 Å². The molecule has 2 heterocycles. The summed E-state index contributed by atoms with van der Waals surface area (Å²) in [6.07, 6.45) is 0. The lowest BCUT2D eigenvalue weighted by Crippen LogP contribution is -2.44. The summed E-state index contributed by atoms with van der Waals surface area (Å²) in [6, 6.07) is 5.71. The predicted molar refractivity (Wildman–Crippen MR) is 100 cm³/mol. The summed E-state index contributed by atoms with van der Waals surface area (Å²) in [5.41, 5.74) is -0.500. The first-order valence-corrected chi connectivity index (χ1v) is 8.36. The van der Waals surface area contributed by atoms with Crippen molar-refractivity contribution >= 4 is 23.2 Å². The molecule has 28 heavy (non-hydrogen) atoms. The molecule has 0 fully saturated rings. The van der Waals surface area contributed by atoms with E-state index in [1.54, 1.807) is 13.0 Å². The van der Waals surface area contributed by atoms with Crippen molar-refractivity contribution in [1.82, 2.24) is 9.13 Å². The Morgan fingerprint density at radius 1 is 1.25 bits per heavy atom. The smallest absolute Gasteiger partial charge is 0.332 e. The van der Waals surface area contributed by atoms with Crippen molar-refractivity contribution in [2.75, 3.05) is 7.11 Å². The maximum atomic E-state index is 12.9. The van der Waals surface area contributed by atoms with E-state index in [2.05, 4.69) is 4.99 Å². The number of non-ortho nitro benzene ring substituents is 1. The standard InChI is InChI=1S/C18H18N4O6/c1-9-12(17(24)28-4)13(10-6-5-7-11(8-10)22(26)27)14-15(19-9)20(2)18(25)21(3)16(14)23/h5-8,12-13H,1-4H3. The van der Waals surface area contributed by atoms with Gasteiger partial charge in [0.05, 0.1) is 17.6 Å². The van der Waals surface area contributed by atoms with Crippen LogP contribution in [0.5, 0.6) is 0 Å². The van der Waals surface area contributed by atoms with Crippen LogP contribution in [0.3, 0.4) is 0 Å². The molecule has 0 saturated heterocycles. The largest absolute Gasteiger partial charge is 0.468 e. The van der Waals surface area contributed by atoms with Crippen molar-refractivity contribution in [2.45, 2.75) is 12.8 Å². The number of carbonyl (C=O) groups excluding carboxylic acids is 1. The van der Waals surface area contributed by atoms with Crippen LogP contribution in [-0.4, -0.2) is 32.8 Å². The third kappa shape index (κ3) is 2.82. The van der Waals surface area contributed by atoms with E-state index in [1.807, 2.05) is 0 Å². The molecule has 1 aromatic carbocycles. The summed E-state index contributed by atoms with van der Waals surface area (Å²) in [7, 11) is 4.02. The molecule has 1 aliphatic rings. The maximum absolute atomic E-state index is 12.9. The average Bonchev–Trinajstić information content (AvgIpc) is 2.69. The van der Waals surface area contributed by atoms with Crippen molar-refractivity contribution in [3.8, 4) is 0 Å². The SMILES string of the molecule is COC(=O)C1C(C)=Nc2c(c(=O)n(C)c(=O)n2C)C1c1cccc([N+](=O)[O-])c1. The van der Waals surface area contributed by atoms with Gasteiger partial charge in [-0.1, -0.05) is 12.1 Å². The van der Waals surface area contributed by atoms with E-state index in [-0.39, 0.29) is 17.1 Å². The first kappa shape index (κ1) is 19.2. The van der Waals surface area contributed by atoms with Crippen LogP contribution in [-0.2, 0) is 23.6 Å². The number of rotatable bonds is 3. The Hall–Kier alpha value is -3.56. The molecule has 0 bridgehead atoms. The van der Waals surface area contributed by atoms with Crippen molar-refractivity contribution < 1.29 is 14.5 Å². The van der Waals surface area contributed by atoms with Crippen molar-refractivity contribution in [2.24, 2.45) is 25.0 Å². The van der Waals surface area contributed by atoms with Crippen LogP contribution in [0.25, 0.3) is 0 Å². The van der Waals surface area contributed by atoms with Crippen molar-refractivity contribution in [1.29, 1.82) is 0 Å². The molecule has 0 amide bonds. The Bertz CT molecular complexity index is 1140. The van der Waals surface area contributed by atoms with Gasteiger partial charge in [-0.2, -0.15) is 0 Å². The number of aliphatic imine (C=N–C) groups is 1. The molecule has 0 spiro atoms. The van der Waals surface area contributed by atoms with Crippen molar-refractivity contribution in [3.63, 3.8) is 0 Å². The number of hydrogen-bond donors (Lipinski definition) is 0. The van der Waals surface area contributed by atoms with Gasteiger partial charge >= 0.3 is 11.7 Å². The molecule has 2 atom stereocenters. The molecule has 146 valence electrons. The number of fused-ring (bicyclic) bond motifs is 1. The second kappa shape index (κ2) is 6.87. The molecule has 2 unspecified atom stereocenters. The zero-order valence-electron chi connectivity index (χ0n) is 15.7. The number of carbonyl (C=O) groups is 1. The first-order chi connectivity index (χ1) is 13.2. The van der Waals surface area contributed by atoms with E-state index in [9.17, 15) is 24.5 Å². The zero-order chi connectivity index (χ0) is 20.7. The lowest BCUT2D eigenvalue weighted by Gasteiger charge is -2.31. The summed E-state index contributed by atoms with van der Waals surface area (Å²) < 4.78 is 7.04. The molecule has 2 aromatic rings. The Morgan fingerprint density at radius 3 is 2.54 bits per heavy atom. The van der Waals surface area contributed by atoms with Gasteiger partial charge < -0.3 is 4.74 Å². The van der Waals surface area contributed by atoms with Crippen LogP contribution >= 0.6 is 0 Å². The maximum Gasteiger partial charge on any atom is 0.332 e. The molecule has 1 aromatic heterocycles. The highest BCUT2D eigenvalue weighted by Gasteiger charge is 2.41. The normalized spacial score (nSPS) is 18.2. The number of nitro benzene ring substituents is 1. The number of methoxy groups -OCH3 is 1. The average molecular weight is 386 g/mol. The number of benzene rings is 1. The number of nitro groups is 1. The Kier molecular flexibility index (Phi) is 4.72. The third-order valence-electron chi connectivity index (χ3n) is 4.94. The molecule has 10 heteroatoms. The van der Waals surface area contributed by atoms with Crippen LogP contribution in [0.2, 0.25) is 0 Å². The lowest BCUT2D eigenvalue weighted by molar-refractivity contribution is -0.384. The van der Waals surface area contributed by atoms with E-state index in [4.69, 9.17) is 4.74 Å². The summed E-state index contributed by atoms with van der Waals surface area (Å²) in [5.74, 6) is -2.34. The monoisotopic (exact) mass is 386 g/mol. The number of hydrogen-bond acceptors (Lipinski definition) is 7. The fraction of sp³-hybridized carbons (Fsp3) is 0.333. The molecule has 0 N–H and O–H groups in total. The fourth-order valence-electron chi connectivity index (χ4n) is 3.54. The third-order valence-corrected chi connectivity index (χ3v) is 4.94. The number of ether oxygens (including phenoxy) is 1. The van der Waals surface area contributed by atoms with Gasteiger partial charge in [0.2, 0.25) is 0 Å². The molecule has 0 radical (unpaired) electrons. The molecule has 0 aliphatic carbocycles. The minimum absolute atomic E-state index is 0.117. The minimum Gasteiger partial charge on any atom is -0.468 e. The van der Waals surface area contributed by atoms with Crippen molar-refractivity contribution in [3.05, 3.63) is 66.3 Å². The van der Waals surface area contributed by atoms with Crippen LogP contribution in [0, 0.1) is 16.0 Å². The van der Waals surface area contributed by atoms with Gasteiger partial charge in [-0.05, 0) is 12.5 Å². The van der Waals surface area contributed by atoms with E-state index in [0.29, 0.717) is 11.3 Å². The molecule has 0 saturated carbocycles. The molecule has 10 nitrogen and oxygen atoms in total. The van der Waals surface area contributed by atoms with E-state index >= 15 is 0 Å². The quantitative estimate of drug-likeness (QED) is 0.440. The highest BCUT2D eigenvalue weighted by atomic mass is 16.6. The highest BCUT2D eigenvalue weighted by Crippen LogP contribution is 2.41. The van der Waals surface area contributed by atoms with Gasteiger partial charge in [-0.3, -0.25) is 28.8 Å². The van der Waals surface area contributed by atoms with Gasteiger partial charge in [-0.25, -0.2) is 9.79 Å². The van der Waals surface area contributed by atoms with Gasteiger partial charge in [-0.15, -0.1) is 0 Å². The first-order valence-electron chi connectivity index (χ1n) is 8.36. The molecular formula is C18H18N4O6. The zero-order valence-corrected chi connectivity index (χ0v) is 15.7. The molecule has 3 rings (SSSR count). The van der Waals surface area contributed by atoms with E-state index in [1.165, 1.54) is 44.0 Å². The predicted octanol–water partition coefficient (Wildman–Crippen LogP) is 1.02. The second-order valence-corrected chi connectivity index (χ2v) is 6.53. The summed E-state index contributed by atoms with van der Waals surface area (Å²) in [6.45, 7) is 1.59. The highest BCUT2D eigenvalue weighted by molar-refractivity contribution is 6.04. The van der Waals surface area contributed by atoms with Crippen LogP contribution < -0.4 is 11.2 Å². The lowest BCUT2D eigenvalue weighted by atomic mass is 9.77. The van der Waals surface area contributed by atoms with Gasteiger partial charge in [0, 0.05) is 37.9 Å². The Labute approximate surface area is 158 Å². The number of nitrogens with zero attached hydrogens (tertiary/aromatic N) is 4. The Balaban J connectivity index is 2.41. The van der Waals surface area contributed by atoms with Crippen LogP contribution in [0.1, 0.15) is 24.0 Å². The number of aromatic nitrogens is 2. The van der Waals surface area contributed by atoms with Gasteiger partial charge in [0.15, 0.2) is 0 Å². The molecule has 1 aliphatic heterocycles. The summed E-state index contributed by atoms with van der Waals surface area (Å²) >= 11 is 0. The second-order valence-electron chi connectivity index (χ2n) is 6.53. The topological polar surface area (TPSA) is 126 Å². The van der Waals surface area contributed by atoms with Gasteiger partial charge in [0.25, 0.3) is 11.2 Å². The fourth-order valence-corrected chi connectivity index (χ4v) is 3.54. The number of esters is 1. The minimum atomic E-state index is -0.954. The van der Waals surface area contributed by atoms with E-state index in [0.717, 1.165) is 4.57 Å². The summed E-state index contributed by atoms with van der Waals surface area (Å²) in [4.78, 5) is 52.8. The van der Waals surface area contributed by atoms with Crippen LogP contribution in [0.4, 0.5) is 11.5 Å². The van der Waals surface area contributed by atoms with E-state index < -0.39 is 34.0 Å². The Morgan fingerprint density at radius 2 is 1.93 bits per heavy atom. The summed E-state index contributed by atoms with van der Waals surface area (Å²) in [5, 5.41) is 11.2. The molecular weight excluding hydrogens is 368 g/mol. The van der Waals surface area contributed by atoms with Gasteiger partial charge in [0.1, 0.15) is 11.7 Å².